The Hall–Kier alpha value is -2.63. The van der Waals surface area contributed by atoms with Gasteiger partial charge in [0.25, 0.3) is 0 Å². The molecule has 2 rings (SSSR count). The highest BCUT2D eigenvalue weighted by atomic mass is 16.5. The molecule has 6 heteroatoms. The summed E-state index contributed by atoms with van der Waals surface area (Å²) in [6.45, 7) is 5.87. The molecule has 0 aliphatic rings. The number of anilines is 2. The second-order valence-corrected chi connectivity index (χ2v) is 6.54. The van der Waals surface area contributed by atoms with Crippen molar-refractivity contribution >= 4 is 17.5 Å². The van der Waals surface area contributed by atoms with Gasteiger partial charge in [-0.05, 0) is 38.3 Å². The predicted octanol–water partition coefficient (Wildman–Crippen LogP) is 4.92. The summed E-state index contributed by atoms with van der Waals surface area (Å²) in [5, 5.41) is 0. The number of hydrogen-bond acceptors (Lipinski definition) is 6. The van der Waals surface area contributed by atoms with E-state index in [1.165, 1.54) is 0 Å². The topological polar surface area (TPSA) is 64.5 Å². The molecular formula is C22H31N3O3. The van der Waals surface area contributed by atoms with Gasteiger partial charge in [-0.2, -0.15) is 0 Å². The molecule has 0 radical (unpaired) electrons. The monoisotopic (exact) mass is 385 g/mol. The molecule has 0 N–H and O–H groups in total. The smallest absolute Gasteiger partial charge is 0.305 e. The van der Waals surface area contributed by atoms with Crippen LogP contribution in [0.5, 0.6) is 5.75 Å². The number of rotatable bonds is 13. The molecule has 28 heavy (non-hydrogen) atoms. The summed E-state index contributed by atoms with van der Waals surface area (Å²) in [5.41, 5.74) is 0.971. The van der Waals surface area contributed by atoms with Gasteiger partial charge in [0.2, 0.25) is 0 Å². The molecule has 0 saturated carbocycles. The van der Waals surface area contributed by atoms with Gasteiger partial charge >= 0.3 is 5.97 Å². The number of unbranched alkanes of at least 4 members (excludes halogenated alkanes) is 3. The zero-order chi connectivity index (χ0) is 20.0. The van der Waals surface area contributed by atoms with Crippen LogP contribution in [0, 0.1) is 0 Å². The Balaban J connectivity index is 1.93. The summed E-state index contributed by atoms with van der Waals surface area (Å²) >= 11 is 0. The van der Waals surface area contributed by atoms with Gasteiger partial charge in [0.15, 0.2) is 0 Å². The molecule has 0 aliphatic carbocycles. The Kier molecular flexibility index (Phi) is 9.83. The molecule has 0 saturated heterocycles. The highest BCUT2D eigenvalue weighted by Crippen LogP contribution is 2.26. The summed E-state index contributed by atoms with van der Waals surface area (Å²) < 4.78 is 10.7. The van der Waals surface area contributed by atoms with Gasteiger partial charge in [0.1, 0.15) is 11.6 Å². The van der Waals surface area contributed by atoms with Gasteiger partial charge in [0, 0.05) is 25.2 Å². The minimum absolute atomic E-state index is 0.104. The first-order valence-electron chi connectivity index (χ1n) is 10.2. The lowest BCUT2D eigenvalue weighted by atomic mass is 10.1. The second-order valence-electron chi connectivity index (χ2n) is 6.54. The molecule has 0 fully saturated rings. The first-order valence-corrected chi connectivity index (χ1v) is 10.2. The van der Waals surface area contributed by atoms with Gasteiger partial charge in [0.05, 0.1) is 31.3 Å². The van der Waals surface area contributed by atoms with E-state index in [1.807, 2.05) is 37.4 Å². The van der Waals surface area contributed by atoms with E-state index in [0.717, 1.165) is 55.9 Å². The minimum atomic E-state index is -0.104. The standard InChI is InChI=1S/C22H31N3O3/c1-3-15-28-20-16-19(17-23-18-20)25(21-11-8-9-13-24-21)14-10-6-5-7-12-22(26)27-4-2/h8-9,11,13,16-18H,3-7,10,12,14-15H2,1-2H3. The third kappa shape index (κ3) is 7.55. The molecule has 0 atom stereocenters. The number of nitrogens with zero attached hydrogens (tertiary/aromatic N) is 3. The summed E-state index contributed by atoms with van der Waals surface area (Å²) in [6.07, 6.45) is 10.8. The van der Waals surface area contributed by atoms with Gasteiger partial charge in [-0.1, -0.05) is 25.8 Å². The van der Waals surface area contributed by atoms with Crippen molar-refractivity contribution in [1.29, 1.82) is 0 Å². The van der Waals surface area contributed by atoms with Crippen LogP contribution in [-0.4, -0.2) is 35.7 Å². The van der Waals surface area contributed by atoms with Crippen LogP contribution in [0.15, 0.2) is 42.9 Å². The Morgan fingerprint density at radius 2 is 1.96 bits per heavy atom. The van der Waals surface area contributed by atoms with E-state index in [1.54, 1.807) is 12.4 Å². The number of ether oxygens (including phenoxy) is 2. The van der Waals surface area contributed by atoms with Gasteiger partial charge in [-0.15, -0.1) is 0 Å². The van der Waals surface area contributed by atoms with Gasteiger partial charge < -0.3 is 14.4 Å². The van der Waals surface area contributed by atoms with E-state index in [9.17, 15) is 4.79 Å². The Morgan fingerprint density at radius 3 is 2.71 bits per heavy atom. The molecule has 0 bridgehead atoms. The van der Waals surface area contributed by atoms with Crippen LogP contribution in [0.4, 0.5) is 11.5 Å². The molecule has 2 aromatic rings. The fraction of sp³-hybridized carbons (Fsp3) is 0.500. The molecular weight excluding hydrogens is 354 g/mol. The van der Waals surface area contributed by atoms with E-state index < -0.39 is 0 Å². The van der Waals surface area contributed by atoms with Crippen molar-refractivity contribution in [2.24, 2.45) is 0 Å². The maximum atomic E-state index is 11.4. The molecule has 0 aliphatic heterocycles. The lowest BCUT2D eigenvalue weighted by molar-refractivity contribution is -0.143. The molecule has 0 spiro atoms. The average Bonchev–Trinajstić information content (AvgIpc) is 2.73. The van der Waals surface area contributed by atoms with E-state index in [2.05, 4.69) is 21.8 Å². The van der Waals surface area contributed by atoms with Crippen LogP contribution < -0.4 is 9.64 Å². The van der Waals surface area contributed by atoms with E-state index >= 15 is 0 Å². The third-order valence-electron chi connectivity index (χ3n) is 4.23. The van der Waals surface area contributed by atoms with E-state index in [-0.39, 0.29) is 5.97 Å². The minimum Gasteiger partial charge on any atom is -0.492 e. The molecule has 152 valence electrons. The van der Waals surface area contributed by atoms with Crippen molar-refractivity contribution in [2.75, 3.05) is 24.7 Å². The average molecular weight is 386 g/mol. The molecule has 0 amide bonds. The lowest BCUT2D eigenvalue weighted by Gasteiger charge is -2.24. The first kappa shape index (κ1) is 21.7. The van der Waals surface area contributed by atoms with E-state index in [0.29, 0.717) is 19.6 Å². The van der Waals surface area contributed by atoms with Crippen LogP contribution in [0.1, 0.15) is 52.4 Å². The van der Waals surface area contributed by atoms with Crippen molar-refractivity contribution in [3.8, 4) is 5.75 Å². The maximum Gasteiger partial charge on any atom is 0.305 e. The molecule has 2 heterocycles. The maximum absolute atomic E-state index is 11.4. The van der Waals surface area contributed by atoms with Crippen molar-refractivity contribution < 1.29 is 14.3 Å². The summed E-state index contributed by atoms with van der Waals surface area (Å²) in [5.74, 6) is 1.56. The van der Waals surface area contributed by atoms with Crippen molar-refractivity contribution in [3.05, 3.63) is 42.9 Å². The van der Waals surface area contributed by atoms with Gasteiger partial charge in [-0.3, -0.25) is 9.78 Å². The largest absolute Gasteiger partial charge is 0.492 e. The Bertz CT molecular complexity index is 694. The number of pyridine rings is 2. The fourth-order valence-electron chi connectivity index (χ4n) is 2.87. The quantitative estimate of drug-likeness (QED) is 0.360. The first-order chi connectivity index (χ1) is 13.7. The van der Waals surface area contributed by atoms with Crippen molar-refractivity contribution in [2.45, 2.75) is 52.4 Å². The van der Waals surface area contributed by atoms with Crippen molar-refractivity contribution in [3.63, 3.8) is 0 Å². The Morgan fingerprint density at radius 1 is 1.11 bits per heavy atom. The summed E-state index contributed by atoms with van der Waals surface area (Å²) in [6, 6.07) is 7.91. The van der Waals surface area contributed by atoms with Crippen LogP contribution in [0.2, 0.25) is 0 Å². The number of carbonyl (C=O) groups is 1. The normalized spacial score (nSPS) is 10.5. The number of hydrogen-bond donors (Lipinski definition) is 0. The van der Waals surface area contributed by atoms with E-state index in [4.69, 9.17) is 9.47 Å². The SMILES string of the molecule is CCCOc1cncc(N(CCCCCCC(=O)OCC)c2ccccn2)c1. The van der Waals surface area contributed by atoms with Crippen molar-refractivity contribution in [1.82, 2.24) is 9.97 Å². The Labute approximate surface area is 167 Å². The molecule has 6 nitrogen and oxygen atoms in total. The zero-order valence-corrected chi connectivity index (χ0v) is 17.0. The number of aromatic nitrogens is 2. The third-order valence-corrected chi connectivity index (χ3v) is 4.23. The predicted molar refractivity (Wildman–Crippen MR) is 111 cm³/mol. The summed E-state index contributed by atoms with van der Waals surface area (Å²) in [7, 11) is 0. The highest BCUT2D eigenvalue weighted by Gasteiger charge is 2.12. The molecule has 0 unspecified atom stereocenters. The highest BCUT2D eigenvalue weighted by molar-refractivity contribution is 5.69. The lowest BCUT2D eigenvalue weighted by Crippen LogP contribution is -2.20. The molecule has 0 aromatic carbocycles. The van der Waals surface area contributed by atoms with Crippen LogP contribution >= 0.6 is 0 Å². The van der Waals surface area contributed by atoms with Gasteiger partial charge in [-0.25, -0.2) is 4.98 Å². The molecule has 2 aromatic heterocycles. The van der Waals surface area contributed by atoms with Crippen LogP contribution in [-0.2, 0) is 9.53 Å². The number of carbonyl (C=O) groups excluding carboxylic acids is 1. The van der Waals surface area contributed by atoms with Crippen LogP contribution in [0.25, 0.3) is 0 Å². The summed E-state index contributed by atoms with van der Waals surface area (Å²) in [4.78, 5) is 22.4. The second kappa shape index (κ2) is 12.7. The van der Waals surface area contributed by atoms with Crippen LogP contribution in [0.3, 0.4) is 0 Å². The zero-order valence-electron chi connectivity index (χ0n) is 17.0. The fourth-order valence-corrected chi connectivity index (χ4v) is 2.87. The number of esters is 1.